The van der Waals surface area contributed by atoms with Crippen molar-refractivity contribution in [1.29, 1.82) is 0 Å². The first kappa shape index (κ1) is 18.9. The molecule has 1 saturated heterocycles. The Hall–Kier alpha value is -2.39. The molecule has 138 valence electrons. The van der Waals surface area contributed by atoms with Gasteiger partial charge in [0.05, 0.1) is 30.2 Å². The number of morpholine rings is 1. The Morgan fingerprint density at radius 3 is 2.64 bits per heavy atom. The second kappa shape index (κ2) is 8.63. The van der Waals surface area contributed by atoms with Crippen LogP contribution in [0.1, 0.15) is 5.56 Å². The van der Waals surface area contributed by atoms with Crippen molar-refractivity contribution in [2.45, 2.75) is 6.54 Å². The Bertz CT molecular complexity index is 617. The van der Waals surface area contributed by atoms with E-state index in [4.69, 9.17) is 4.74 Å². The monoisotopic (exact) mass is 352 g/mol. The minimum absolute atomic E-state index is 0.0616. The van der Waals surface area contributed by atoms with Gasteiger partial charge in [0.2, 0.25) is 0 Å². The van der Waals surface area contributed by atoms with Gasteiger partial charge in [0.15, 0.2) is 0 Å². The summed E-state index contributed by atoms with van der Waals surface area (Å²) in [6.45, 7) is 4.09. The number of hydrogen-bond donors (Lipinski definition) is 1. The fourth-order valence-electron chi connectivity index (χ4n) is 2.69. The van der Waals surface area contributed by atoms with E-state index in [9.17, 15) is 20.0 Å². The number of nitro benzene ring substituents is 1. The van der Waals surface area contributed by atoms with Crippen LogP contribution >= 0.6 is 0 Å². The summed E-state index contributed by atoms with van der Waals surface area (Å²) in [6.07, 6.45) is 0. The Morgan fingerprint density at radius 2 is 2.04 bits per heavy atom. The van der Waals surface area contributed by atoms with Crippen molar-refractivity contribution in [1.82, 2.24) is 14.7 Å². The van der Waals surface area contributed by atoms with Crippen LogP contribution in [0.15, 0.2) is 18.2 Å². The third kappa shape index (κ3) is 5.30. The number of benzene rings is 1. The first-order chi connectivity index (χ1) is 11.9. The number of aromatic hydroxyl groups is 1. The van der Waals surface area contributed by atoms with Crippen molar-refractivity contribution in [2.24, 2.45) is 0 Å². The minimum Gasteiger partial charge on any atom is -0.508 e. The molecule has 1 aliphatic rings. The standard InChI is InChI=1S/C16H24N4O5/c1-17(2)16(22)19(6-5-18-7-9-25-10-8-18)12-13-11-14(21)3-4-15(13)20(23)24/h3-4,11,21H,5-10,12H2,1-2H3. The molecule has 0 saturated carbocycles. The lowest BCUT2D eigenvalue weighted by atomic mass is 10.1. The van der Waals surface area contributed by atoms with Crippen molar-refractivity contribution in [3.63, 3.8) is 0 Å². The van der Waals surface area contributed by atoms with E-state index >= 15 is 0 Å². The molecule has 25 heavy (non-hydrogen) atoms. The zero-order valence-corrected chi connectivity index (χ0v) is 14.6. The van der Waals surface area contributed by atoms with E-state index in [0.717, 1.165) is 13.1 Å². The average molecular weight is 352 g/mol. The van der Waals surface area contributed by atoms with Crippen molar-refractivity contribution < 1.29 is 19.6 Å². The van der Waals surface area contributed by atoms with Gasteiger partial charge >= 0.3 is 6.03 Å². The molecule has 0 aromatic heterocycles. The van der Waals surface area contributed by atoms with Gasteiger partial charge in [-0.1, -0.05) is 0 Å². The molecule has 1 fully saturated rings. The molecule has 1 N–H and O–H groups in total. The molecule has 0 atom stereocenters. The molecule has 0 radical (unpaired) electrons. The van der Waals surface area contributed by atoms with Crippen LogP contribution in [0.5, 0.6) is 5.75 Å². The molecule has 0 spiro atoms. The van der Waals surface area contributed by atoms with Crippen LogP contribution in [0.3, 0.4) is 0 Å². The van der Waals surface area contributed by atoms with Gasteiger partial charge in [-0.15, -0.1) is 0 Å². The maximum atomic E-state index is 12.5. The molecule has 1 aliphatic heterocycles. The third-order valence-corrected chi connectivity index (χ3v) is 4.06. The van der Waals surface area contributed by atoms with E-state index in [2.05, 4.69) is 4.90 Å². The second-order valence-corrected chi connectivity index (χ2v) is 6.12. The van der Waals surface area contributed by atoms with Gasteiger partial charge in [-0.05, 0) is 12.1 Å². The van der Waals surface area contributed by atoms with Crippen LogP contribution in [0.4, 0.5) is 10.5 Å². The summed E-state index contributed by atoms with van der Waals surface area (Å²) in [6, 6.07) is 3.63. The molecule has 0 unspecified atom stereocenters. The van der Waals surface area contributed by atoms with E-state index in [0.29, 0.717) is 31.9 Å². The van der Waals surface area contributed by atoms with Crippen LogP contribution in [0.2, 0.25) is 0 Å². The Labute approximate surface area is 146 Å². The van der Waals surface area contributed by atoms with Crippen LogP contribution < -0.4 is 0 Å². The van der Waals surface area contributed by atoms with Crippen LogP contribution in [0.25, 0.3) is 0 Å². The molecular weight excluding hydrogens is 328 g/mol. The van der Waals surface area contributed by atoms with Gasteiger partial charge in [-0.25, -0.2) is 4.79 Å². The normalized spacial score (nSPS) is 15.0. The minimum atomic E-state index is -0.505. The second-order valence-electron chi connectivity index (χ2n) is 6.12. The van der Waals surface area contributed by atoms with Gasteiger partial charge in [0, 0.05) is 46.3 Å². The maximum Gasteiger partial charge on any atom is 0.319 e. The Kier molecular flexibility index (Phi) is 6.54. The first-order valence-electron chi connectivity index (χ1n) is 8.11. The molecule has 0 aliphatic carbocycles. The molecule has 1 aromatic rings. The summed E-state index contributed by atoms with van der Waals surface area (Å²) in [4.78, 5) is 28.4. The van der Waals surface area contributed by atoms with Crippen molar-refractivity contribution in [2.75, 3.05) is 53.5 Å². The molecule has 1 heterocycles. The summed E-state index contributed by atoms with van der Waals surface area (Å²) >= 11 is 0. The molecule has 2 rings (SSSR count). The highest BCUT2D eigenvalue weighted by Gasteiger charge is 2.22. The maximum absolute atomic E-state index is 12.5. The molecule has 9 heteroatoms. The lowest BCUT2D eigenvalue weighted by molar-refractivity contribution is -0.385. The first-order valence-corrected chi connectivity index (χ1v) is 8.11. The predicted octanol–water partition coefficient (Wildman–Crippen LogP) is 1.12. The summed E-state index contributed by atoms with van der Waals surface area (Å²) < 4.78 is 5.31. The number of phenols is 1. The van der Waals surface area contributed by atoms with E-state index in [1.165, 1.54) is 23.1 Å². The summed E-state index contributed by atoms with van der Waals surface area (Å²) in [5.41, 5.74) is 0.197. The number of hydrogen-bond acceptors (Lipinski definition) is 6. The number of carbonyl (C=O) groups is 1. The van der Waals surface area contributed by atoms with Gasteiger partial charge in [-0.3, -0.25) is 15.0 Å². The van der Waals surface area contributed by atoms with Crippen molar-refractivity contribution in [3.05, 3.63) is 33.9 Å². The lowest BCUT2D eigenvalue weighted by Crippen LogP contribution is -2.45. The topological polar surface area (TPSA) is 99.4 Å². The smallest absolute Gasteiger partial charge is 0.319 e. The van der Waals surface area contributed by atoms with E-state index in [-0.39, 0.29) is 24.0 Å². The Balaban J connectivity index is 2.14. The quantitative estimate of drug-likeness (QED) is 0.608. The van der Waals surface area contributed by atoms with Gasteiger partial charge in [-0.2, -0.15) is 0 Å². The molecule has 2 amide bonds. The van der Waals surface area contributed by atoms with E-state index < -0.39 is 4.92 Å². The number of amides is 2. The summed E-state index contributed by atoms with van der Waals surface area (Å²) in [5.74, 6) is -0.0639. The number of phenolic OH excluding ortho intramolecular Hbond substituents is 1. The Morgan fingerprint density at radius 1 is 1.36 bits per heavy atom. The van der Waals surface area contributed by atoms with Crippen LogP contribution in [-0.2, 0) is 11.3 Å². The predicted molar refractivity (Wildman–Crippen MR) is 91.5 cm³/mol. The highest BCUT2D eigenvalue weighted by molar-refractivity contribution is 5.74. The number of nitrogens with zero attached hydrogens (tertiary/aromatic N) is 4. The van der Waals surface area contributed by atoms with E-state index in [1.807, 2.05) is 0 Å². The number of carbonyl (C=O) groups excluding carboxylic acids is 1. The van der Waals surface area contributed by atoms with E-state index in [1.54, 1.807) is 19.0 Å². The molecule has 1 aromatic carbocycles. The SMILES string of the molecule is CN(C)C(=O)N(CCN1CCOCC1)Cc1cc(O)ccc1[N+](=O)[O-]. The average Bonchev–Trinajstić information content (AvgIpc) is 2.58. The number of rotatable bonds is 6. The summed E-state index contributed by atoms with van der Waals surface area (Å²) in [5, 5.41) is 20.9. The van der Waals surface area contributed by atoms with Gasteiger partial charge in [0.1, 0.15) is 5.75 Å². The fourth-order valence-corrected chi connectivity index (χ4v) is 2.69. The highest BCUT2D eigenvalue weighted by atomic mass is 16.6. The molecule has 0 bridgehead atoms. The van der Waals surface area contributed by atoms with Crippen LogP contribution in [-0.4, -0.2) is 84.2 Å². The number of nitro groups is 1. The summed E-state index contributed by atoms with van der Waals surface area (Å²) in [7, 11) is 3.28. The van der Waals surface area contributed by atoms with Crippen molar-refractivity contribution in [3.8, 4) is 5.75 Å². The van der Waals surface area contributed by atoms with Gasteiger partial charge in [0.25, 0.3) is 5.69 Å². The molecule has 9 nitrogen and oxygen atoms in total. The van der Waals surface area contributed by atoms with Gasteiger partial charge < -0.3 is 19.6 Å². The zero-order valence-electron chi connectivity index (χ0n) is 14.6. The third-order valence-electron chi connectivity index (χ3n) is 4.06. The highest BCUT2D eigenvalue weighted by Crippen LogP contribution is 2.25. The fraction of sp³-hybridized carbons (Fsp3) is 0.562. The number of urea groups is 1. The molecular formula is C16H24N4O5. The number of ether oxygens (including phenoxy) is 1. The van der Waals surface area contributed by atoms with Crippen molar-refractivity contribution >= 4 is 11.7 Å². The largest absolute Gasteiger partial charge is 0.508 e. The van der Waals surface area contributed by atoms with Crippen LogP contribution in [0, 0.1) is 10.1 Å². The zero-order chi connectivity index (χ0) is 18.4. The lowest BCUT2D eigenvalue weighted by Gasteiger charge is -2.31.